The normalized spacial score (nSPS) is 21.8. The first kappa shape index (κ1) is 15.7. The van der Waals surface area contributed by atoms with E-state index < -0.39 is 5.97 Å². The van der Waals surface area contributed by atoms with Gasteiger partial charge in [-0.2, -0.15) is 0 Å². The fourth-order valence-electron chi connectivity index (χ4n) is 2.47. The van der Waals surface area contributed by atoms with E-state index in [4.69, 9.17) is 15.2 Å². The van der Waals surface area contributed by atoms with Gasteiger partial charge in [-0.25, -0.2) is 9.78 Å². The lowest BCUT2D eigenvalue weighted by molar-refractivity contribution is 0.0312. The Morgan fingerprint density at radius 2 is 2.19 bits per heavy atom. The van der Waals surface area contributed by atoms with Crippen LogP contribution in [0.5, 0.6) is 0 Å². The number of ether oxygens (including phenoxy) is 2. The maximum absolute atomic E-state index is 11.6. The number of methoxy groups -OCH3 is 1. The van der Waals surface area contributed by atoms with Crippen LogP contribution in [0.2, 0.25) is 0 Å². The quantitative estimate of drug-likeness (QED) is 0.611. The topological polar surface area (TPSA) is 86.5 Å². The summed E-state index contributed by atoms with van der Waals surface area (Å²) in [6.45, 7) is 1.18. The summed E-state index contributed by atoms with van der Waals surface area (Å²) in [6.07, 6.45) is 6.06. The molecule has 0 spiro atoms. The highest BCUT2D eigenvalue weighted by atomic mass is 16.5. The Morgan fingerprint density at radius 1 is 1.43 bits per heavy atom. The lowest BCUT2D eigenvalue weighted by Crippen LogP contribution is -2.31. The minimum Gasteiger partial charge on any atom is -0.465 e. The molecule has 0 aromatic carbocycles. The number of esters is 1. The van der Waals surface area contributed by atoms with E-state index in [1.165, 1.54) is 7.11 Å². The molecule has 1 aliphatic carbocycles. The van der Waals surface area contributed by atoms with E-state index in [9.17, 15) is 4.79 Å². The maximum Gasteiger partial charge on any atom is 0.341 e. The van der Waals surface area contributed by atoms with Crippen LogP contribution in [0.3, 0.4) is 0 Å². The van der Waals surface area contributed by atoms with Gasteiger partial charge in [0, 0.05) is 18.8 Å². The van der Waals surface area contributed by atoms with Crippen LogP contribution in [-0.2, 0) is 9.47 Å². The van der Waals surface area contributed by atoms with Crippen molar-refractivity contribution in [3.05, 3.63) is 23.9 Å². The third-order valence-corrected chi connectivity index (χ3v) is 3.68. The molecule has 0 radical (unpaired) electrons. The molecule has 1 aromatic heterocycles. The van der Waals surface area contributed by atoms with E-state index in [1.807, 2.05) is 0 Å². The molecule has 2 rings (SSSR count). The molecule has 1 aliphatic rings. The van der Waals surface area contributed by atoms with Gasteiger partial charge in [0.1, 0.15) is 11.4 Å². The zero-order valence-electron chi connectivity index (χ0n) is 12.4. The van der Waals surface area contributed by atoms with Gasteiger partial charge in [0.15, 0.2) is 0 Å². The average molecular weight is 293 g/mol. The van der Waals surface area contributed by atoms with Crippen LogP contribution >= 0.6 is 0 Å². The number of carbonyl (C=O) groups is 1. The first-order valence-corrected chi connectivity index (χ1v) is 7.35. The van der Waals surface area contributed by atoms with Crippen LogP contribution in [0.15, 0.2) is 18.3 Å². The molecule has 0 saturated heterocycles. The highest BCUT2D eigenvalue weighted by Crippen LogP contribution is 2.19. The van der Waals surface area contributed by atoms with Crippen molar-refractivity contribution in [2.45, 2.75) is 37.8 Å². The number of hydrogen-bond donors (Lipinski definition) is 2. The van der Waals surface area contributed by atoms with Crippen molar-refractivity contribution in [2.24, 2.45) is 5.73 Å². The Balaban J connectivity index is 1.75. The van der Waals surface area contributed by atoms with Crippen molar-refractivity contribution in [1.82, 2.24) is 4.98 Å². The van der Waals surface area contributed by atoms with Crippen molar-refractivity contribution >= 4 is 11.8 Å². The number of nitrogens with two attached hydrogens (primary N) is 1. The number of anilines is 1. The molecule has 1 aromatic rings. The second-order valence-corrected chi connectivity index (χ2v) is 5.23. The second kappa shape index (κ2) is 7.95. The summed E-state index contributed by atoms with van der Waals surface area (Å²) in [6, 6.07) is 3.73. The minimum atomic E-state index is -0.396. The number of aromatic nitrogens is 1. The maximum atomic E-state index is 11.6. The van der Waals surface area contributed by atoms with Crippen LogP contribution in [0.25, 0.3) is 0 Å². The fraction of sp³-hybridized carbons (Fsp3) is 0.600. The SMILES string of the molecule is COC(=O)c1cccnc1NCCOC1CCC(N)CC1. The van der Waals surface area contributed by atoms with E-state index in [1.54, 1.807) is 18.3 Å². The Hall–Kier alpha value is -1.66. The van der Waals surface area contributed by atoms with E-state index in [2.05, 4.69) is 10.3 Å². The molecule has 1 fully saturated rings. The van der Waals surface area contributed by atoms with E-state index in [0.717, 1.165) is 25.7 Å². The number of hydrogen-bond acceptors (Lipinski definition) is 6. The van der Waals surface area contributed by atoms with Crippen molar-refractivity contribution in [3.8, 4) is 0 Å². The smallest absolute Gasteiger partial charge is 0.341 e. The fourth-order valence-corrected chi connectivity index (χ4v) is 2.47. The van der Waals surface area contributed by atoms with Crippen LogP contribution in [0.4, 0.5) is 5.82 Å². The van der Waals surface area contributed by atoms with E-state index in [-0.39, 0.29) is 0 Å². The third kappa shape index (κ3) is 4.68. The largest absolute Gasteiger partial charge is 0.465 e. The number of rotatable bonds is 6. The minimum absolute atomic E-state index is 0.301. The van der Waals surface area contributed by atoms with Gasteiger partial charge in [0.2, 0.25) is 0 Å². The van der Waals surface area contributed by atoms with Gasteiger partial charge >= 0.3 is 5.97 Å². The van der Waals surface area contributed by atoms with Crippen LogP contribution in [0, 0.1) is 0 Å². The van der Waals surface area contributed by atoms with Crippen molar-refractivity contribution in [3.63, 3.8) is 0 Å². The molecular formula is C15H23N3O3. The zero-order chi connectivity index (χ0) is 15.1. The molecule has 1 saturated carbocycles. The molecule has 6 heteroatoms. The van der Waals surface area contributed by atoms with E-state index in [0.29, 0.717) is 36.7 Å². The monoisotopic (exact) mass is 293 g/mol. The average Bonchev–Trinajstić information content (AvgIpc) is 2.53. The summed E-state index contributed by atoms with van der Waals surface area (Å²) in [5, 5.41) is 3.12. The summed E-state index contributed by atoms with van der Waals surface area (Å²) in [4.78, 5) is 15.8. The summed E-state index contributed by atoms with van der Waals surface area (Å²) in [7, 11) is 1.36. The second-order valence-electron chi connectivity index (χ2n) is 5.23. The predicted octanol–water partition coefficient (Wildman–Crippen LogP) is 1.57. The van der Waals surface area contributed by atoms with Crippen LogP contribution in [0.1, 0.15) is 36.0 Å². The van der Waals surface area contributed by atoms with Crippen molar-refractivity contribution in [1.29, 1.82) is 0 Å². The molecule has 0 bridgehead atoms. The zero-order valence-corrected chi connectivity index (χ0v) is 12.4. The molecule has 3 N–H and O–H groups in total. The first-order chi connectivity index (χ1) is 10.2. The molecule has 0 atom stereocenters. The van der Waals surface area contributed by atoms with Crippen molar-refractivity contribution < 1.29 is 14.3 Å². The van der Waals surface area contributed by atoms with Gasteiger partial charge in [-0.1, -0.05) is 0 Å². The van der Waals surface area contributed by atoms with Crippen LogP contribution < -0.4 is 11.1 Å². The Kier molecular flexibility index (Phi) is 5.95. The molecule has 116 valence electrons. The third-order valence-electron chi connectivity index (χ3n) is 3.68. The summed E-state index contributed by atoms with van der Waals surface area (Å²) in [5.41, 5.74) is 6.30. The number of pyridine rings is 1. The molecule has 1 heterocycles. The van der Waals surface area contributed by atoms with Crippen LogP contribution in [-0.4, -0.2) is 43.4 Å². The molecular weight excluding hydrogens is 270 g/mol. The van der Waals surface area contributed by atoms with Gasteiger partial charge in [-0.3, -0.25) is 0 Å². The standard InChI is InChI=1S/C15H23N3O3/c1-20-15(19)13-3-2-8-17-14(13)18-9-10-21-12-6-4-11(16)5-7-12/h2-3,8,11-12H,4-7,9-10,16H2,1H3,(H,17,18). The predicted molar refractivity (Wildman–Crippen MR) is 80.2 cm³/mol. The van der Waals surface area contributed by atoms with Gasteiger partial charge in [-0.05, 0) is 37.8 Å². The molecule has 0 aliphatic heterocycles. The lowest BCUT2D eigenvalue weighted by atomic mass is 9.94. The van der Waals surface area contributed by atoms with Gasteiger partial charge in [0.05, 0.1) is 19.8 Å². The van der Waals surface area contributed by atoms with Gasteiger partial charge in [0.25, 0.3) is 0 Å². The highest BCUT2D eigenvalue weighted by molar-refractivity contribution is 5.94. The van der Waals surface area contributed by atoms with Gasteiger partial charge in [-0.15, -0.1) is 0 Å². The Labute approximate surface area is 125 Å². The summed E-state index contributed by atoms with van der Waals surface area (Å²) < 4.78 is 10.5. The highest BCUT2D eigenvalue weighted by Gasteiger charge is 2.18. The first-order valence-electron chi connectivity index (χ1n) is 7.35. The Morgan fingerprint density at radius 3 is 2.90 bits per heavy atom. The molecule has 0 unspecified atom stereocenters. The van der Waals surface area contributed by atoms with E-state index >= 15 is 0 Å². The molecule has 21 heavy (non-hydrogen) atoms. The Bertz CT molecular complexity index is 459. The summed E-state index contributed by atoms with van der Waals surface area (Å²) in [5.74, 6) is 0.131. The molecule has 6 nitrogen and oxygen atoms in total. The number of nitrogens with zero attached hydrogens (tertiary/aromatic N) is 1. The summed E-state index contributed by atoms with van der Waals surface area (Å²) >= 11 is 0. The van der Waals surface area contributed by atoms with Crippen molar-refractivity contribution in [2.75, 3.05) is 25.6 Å². The van der Waals surface area contributed by atoms with Gasteiger partial charge < -0.3 is 20.5 Å². The number of nitrogens with one attached hydrogen (secondary N) is 1. The number of carbonyl (C=O) groups excluding carboxylic acids is 1. The lowest BCUT2D eigenvalue weighted by Gasteiger charge is -2.26. The molecule has 0 amide bonds.